The lowest BCUT2D eigenvalue weighted by Crippen LogP contribution is -2.60. The Bertz CT molecular complexity index is 609. The van der Waals surface area contributed by atoms with Gasteiger partial charge in [0.05, 0.1) is 0 Å². The number of hydrogen-bond acceptors (Lipinski definition) is 3. The maximum absolute atomic E-state index is 12.2. The summed E-state index contributed by atoms with van der Waals surface area (Å²) in [6.45, 7) is 7.04. The van der Waals surface area contributed by atoms with E-state index in [0.717, 1.165) is 19.3 Å². The Morgan fingerprint density at radius 2 is 1.91 bits per heavy atom. The van der Waals surface area contributed by atoms with Crippen LogP contribution < -0.4 is 0 Å². The first kappa shape index (κ1) is 15.4. The van der Waals surface area contributed by atoms with Crippen LogP contribution in [0.5, 0.6) is 0 Å². The average molecular weight is 315 g/mol. The van der Waals surface area contributed by atoms with Crippen molar-refractivity contribution in [2.75, 3.05) is 7.05 Å². The molecule has 1 aliphatic heterocycles. The van der Waals surface area contributed by atoms with Crippen molar-refractivity contribution in [1.29, 1.82) is 0 Å². The molecule has 2 saturated carbocycles. The van der Waals surface area contributed by atoms with Gasteiger partial charge < -0.3 is 4.90 Å². The largest absolute Gasteiger partial charge is 0.374 e. The first-order chi connectivity index (χ1) is 10.8. The van der Waals surface area contributed by atoms with Crippen LogP contribution in [0.15, 0.2) is 11.8 Å². The summed E-state index contributed by atoms with van der Waals surface area (Å²) in [6, 6.07) is 0.417. The lowest BCUT2D eigenvalue weighted by molar-refractivity contribution is -0.121. The van der Waals surface area contributed by atoms with E-state index in [1.165, 1.54) is 18.5 Å². The second-order valence-electron chi connectivity index (χ2n) is 9.17. The Labute approximate surface area is 139 Å². The molecule has 0 bridgehead atoms. The molecule has 0 aromatic heterocycles. The SMILES string of the molecule is C[C@@H]1[C@H]2[C@@H]3CC(=O)C[C@@]3(C)CC[C@@H]2[C@@]2(C)CCC(=O)C=C2N1C. The monoisotopic (exact) mass is 315 g/mol. The van der Waals surface area contributed by atoms with Crippen LogP contribution in [0.3, 0.4) is 0 Å². The summed E-state index contributed by atoms with van der Waals surface area (Å²) in [7, 11) is 2.16. The molecule has 0 unspecified atom stereocenters. The number of fused-ring (bicyclic) bond motifs is 5. The van der Waals surface area contributed by atoms with Gasteiger partial charge in [0.2, 0.25) is 0 Å². The third-order valence-corrected chi connectivity index (χ3v) is 8.04. The van der Waals surface area contributed by atoms with Crippen molar-refractivity contribution in [3.8, 4) is 0 Å². The first-order valence-electron chi connectivity index (χ1n) is 9.26. The number of piperidine rings is 1. The normalized spacial score (nSPS) is 49.4. The number of rotatable bonds is 0. The van der Waals surface area contributed by atoms with Gasteiger partial charge in [-0.1, -0.05) is 13.8 Å². The van der Waals surface area contributed by atoms with E-state index in [-0.39, 0.29) is 16.6 Å². The molecule has 3 nitrogen and oxygen atoms in total. The fraction of sp³-hybridized carbons (Fsp3) is 0.800. The molecule has 23 heavy (non-hydrogen) atoms. The van der Waals surface area contributed by atoms with Crippen LogP contribution in [0.1, 0.15) is 59.3 Å². The number of carbonyl (C=O) groups is 2. The Morgan fingerprint density at radius 1 is 1.17 bits per heavy atom. The van der Waals surface area contributed by atoms with Gasteiger partial charge in [-0.2, -0.15) is 0 Å². The third kappa shape index (κ3) is 1.94. The minimum absolute atomic E-state index is 0.118. The number of allylic oxidation sites excluding steroid dienone is 2. The summed E-state index contributed by atoms with van der Waals surface area (Å²) < 4.78 is 0. The van der Waals surface area contributed by atoms with E-state index in [1.54, 1.807) is 0 Å². The van der Waals surface area contributed by atoms with Crippen LogP contribution >= 0.6 is 0 Å². The van der Waals surface area contributed by atoms with Gasteiger partial charge in [0.1, 0.15) is 5.78 Å². The van der Waals surface area contributed by atoms with Crippen LogP contribution in [-0.2, 0) is 9.59 Å². The molecule has 3 heteroatoms. The zero-order valence-corrected chi connectivity index (χ0v) is 14.9. The highest BCUT2D eigenvalue weighted by Gasteiger charge is 2.60. The Balaban J connectivity index is 1.79. The van der Waals surface area contributed by atoms with Crippen LogP contribution in [0.2, 0.25) is 0 Å². The van der Waals surface area contributed by atoms with Crippen molar-refractivity contribution in [3.63, 3.8) is 0 Å². The highest BCUT2D eigenvalue weighted by Crippen LogP contribution is 2.64. The van der Waals surface area contributed by atoms with E-state index >= 15 is 0 Å². The van der Waals surface area contributed by atoms with E-state index in [4.69, 9.17) is 0 Å². The Hall–Kier alpha value is -1.12. The molecule has 126 valence electrons. The highest BCUT2D eigenvalue weighted by atomic mass is 16.1. The number of likely N-dealkylation sites (tertiary alicyclic amines) is 1. The number of hydrogen-bond donors (Lipinski definition) is 0. The zero-order chi connectivity index (χ0) is 16.6. The van der Waals surface area contributed by atoms with Crippen molar-refractivity contribution < 1.29 is 9.59 Å². The molecule has 3 fully saturated rings. The average Bonchev–Trinajstić information content (AvgIpc) is 2.80. The predicted molar refractivity (Wildman–Crippen MR) is 89.7 cm³/mol. The lowest BCUT2D eigenvalue weighted by atomic mass is 9.49. The maximum atomic E-state index is 12.2. The van der Waals surface area contributed by atoms with E-state index in [0.29, 0.717) is 36.0 Å². The molecule has 0 radical (unpaired) electrons. The molecule has 1 heterocycles. The smallest absolute Gasteiger partial charge is 0.157 e. The van der Waals surface area contributed by atoms with E-state index in [9.17, 15) is 9.59 Å². The van der Waals surface area contributed by atoms with Crippen molar-refractivity contribution in [2.24, 2.45) is 28.6 Å². The molecular formula is C20H29NO2. The number of carbonyl (C=O) groups excluding carboxylic acids is 2. The molecule has 0 spiro atoms. The van der Waals surface area contributed by atoms with Gasteiger partial charge in [0.25, 0.3) is 0 Å². The number of Topliss-reactive ketones (excluding diaryl/α,β-unsaturated/α-hetero) is 1. The summed E-state index contributed by atoms with van der Waals surface area (Å²) in [6.07, 6.45) is 7.55. The predicted octanol–water partition coefficient (Wildman–Crippen LogP) is 3.59. The summed E-state index contributed by atoms with van der Waals surface area (Å²) >= 11 is 0. The molecule has 1 saturated heterocycles. The lowest BCUT2D eigenvalue weighted by Gasteiger charge is -2.62. The maximum Gasteiger partial charge on any atom is 0.157 e. The van der Waals surface area contributed by atoms with Crippen molar-refractivity contribution in [2.45, 2.75) is 65.3 Å². The quantitative estimate of drug-likeness (QED) is 0.685. The van der Waals surface area contributed by atoms with Crippen LogP contribution in [0.4, 0.5) is 0 Å². The van der Waals surface area contributed by atoms with Crippen LogP contribution in [-0.4, -0.2) is 29.6 Å². The van der Waals surface area contributed by atoms with Crippen LogP contribution in [0.25, 0.3) is 0 Å². The van der Waals surface area contributed by atoms with Gasteiger partial charge in [-0.3, -0.25) is 9.59 Å². The van der Waals surface area contributed by atoms with E-state index in [1.807, 2.05) is 6.08 Å². The Morgan fingerprint density at radius 3 is 2.65 bits per heavy atom. The molecule has 0 amide bonds. The van der Waals surface area contributed by atoms with Crippen molar-refractivity contribution in [1.82, 2.24) is 4.90 Å². The number of nitrogens with zero attached hydrogens (tertiary/aromatic N) is 1. The van der Waals surface area contributed by atoms with Crippen molar-refractivity contribution in [3.05, 3.63) is 11.8 Å². The van der Waals surface area contributed by atoms with Gasteiger partial charge >= 0.3 is 0 Å². The third-order valence-electron chi connectivity index (χ3n) is 8.04. The van der Waals surface area contributed by atoms with Gasteiger partial charge in [0, 0.05) is 49.5 Å². The van der Waals surface area contributed by atoms with Gasteiger partial charge in [-0.05, 0) is 49.4 Å². The minimum atomic E-state index is 0.118. The van der Waals surface area contributed by atoms with Gasteiger partial charge in [-0.15, -0.1) is 0 Å². The summed E-state index contributed by atoms with van der Waals surface area (Å²) in [4.78, 5) is 26.6. The fourth-order valence-electron chi connectivity index (χ4n) is 6.65. The second kappa shape index (κ2) is 4.70. The topological polar surface area (TPSA) is 37.4 Å². The van der Waals surface area contributed by atoms with Crippen LogP contribution in [0, 0.1) is 28.6 Å². The first-order valence-corrected chi connectivity index (χ1v) is 9.26. The molecular weight excluding hydrogens is 286 g/mol. The Kier molecular flexibility index (Phi) is 3.15. The standard InChI is InChI=1S/C20H29NO2/c1-12-18-15(6-7-19(2)11-14(23)9-16(18)19)20(3)8-5-13(22)10-17(20)21(12)4/h10,12,15-16,18H,5-9,11H2,1-4H3/t12-,15+,16+,18-,19-,20-/m1/s1. The molecule has 6 atom stereocenters. The van der Waals surface area contributed by atoms with Gasteiger partial charge in [-0.25, -0.2) is 0 Å². The molecule has 0 aromatic rings. The van der Waals surface area contributed by atoms with E-state index in [2.05, 4.69) is 32.7 Å². The molecule has 0 N–H and O–H groups in total. The minimum Gasteiger partial charge on any atom is -0.374 e. The highest BCUT2D eigenvalue weighted by molar-refractivity contribution is 5.91. The summed E-state index contributed by atoms with van der Waals surface area (Å²) in [5.41, 5.74) is 1.60. The molecule has 3 aliphatic carbocycles. The van der Waals surface area contributed by atoms with E-state index < -0.39 is 0 Å². The van der Waals surface area contributed by atoms with Crippen molar-refractivity contribution >= 4 is 11.6 Å². The number of ketones is 2. The molecule has 0 aromatic carbocycles. The zero-order valence-electron chi connectivity index (χ0n) is 14.9. The van der Waals surface area contributed by atoms with Gasteiger partial charge in [0.15, 0.2) is 5.78 Å². The summed E-state index contributed by atoms with van der Waals surface area (Å²) in [5, 5.41) is 0. The fourth-order valence-corrected chi connectivity index (χ4v) is 6.65. The summed E-state index contributed by atoms with van der Waals surface area (Å²) in [5.74, 6) is 2.49. The molecule has 4 aliphatic rings. The second-order valence-corrected chi connectivity index (χ2v) is 9.17. The molecule has 4 rings (SSSR count).